The third-order valence-electron chi connectivity index (χ3n) is 2.71. The highest BCUT2D eigenvalue weighted by Gasteiger charge is 2.07. The van der Waals surface area contributed by atoms with Gasteiger partial charge in [-0.2, -0.15) is 0 Å². The maximum absolute atomic E-state index is 5.69. The molecule has 2 rings (SSSR count). The summed E-state index contributed by atoms with van der Waals surface area (Å²) in [5, 5.41) is 0. The quantitative estimate of drug-likeness (QED) is 0.882. The summed E-state index contributed by atoms with van der Waals surface area (Å²) in [6, 6.07) is 9.43. The lowest BCUT2D eigenvalue weighted by atomic mass is 10.2. The maximum Gasteiger partial charge on any atom is 0.123 e. The number of benzene rings is 1. The van der Waals surface area contributed by atoms with Crippen LogP contribution in [0.2, 0.25) is 0 Å². The third-order valence-corrected chi connectivity index (χ3v) is 2.71. The highest BCUT2D eigenvalue weighted by molar-refractivity contribution is 5.33. The van der Waals surface area contributed by atoms with Gasteiger partial charge in [0, 0.05) is 11.6 Å². The number of ether oxygens (including phenoxy) is 2. The van der Waals surface area contributed by atoms with E-state index in [4.69, 9.17) is 19.6 Å². The van der Waals surface area contributed by atoms with Crippen molar-refractivity contribution in [1.29, 1.82) is 0 Å². The largest absolute Gasteiger partial charge is 0.497 e. The topological polar surface area (TPSA) is 57.6 Å². The van der Waals surface area contributed by atoms with Crippen molar-refractivity contribution in [1.82, 2.24) is 0 Å². The van der Waals surface area contributed by atoms with Gasteiger partial charge in [-0.1, -0.05) is 6.07 Å². The molecule has 1 heterocycles. The molecule has 0 radical (unpaired) electrons. The number of methoxy groups -OCH3 is 1. The van der Waals surface area contributed by atoms with Gasteiger partial charge in [0.25, 0.3) is 0 Å². The van der Waals surface area contributed by atoms with E-state index in [1.165, 1.54) is 0 Å². The molecule has 2 aromatic rings. The SMILES string of the molecule is COc1cccc(OCc2cc(CN)oc2C)c1. The summed E-state index contributed by atoms with van der Waals surface area (Å²) in [4.78, 5) is 0. The Morgan fingerprint density at radius 2 is 2.00 bits per heavy atom. The Morgan fingerprint density at radius 3 is 2.67 bits per heavy atom. The molecule has 96 valence electrons. The summed E-state index contributed by atoms with van der Waals surface area (Å²) < 4.78 is 16.3. The molecular weight excluding hydrogens is 230 g/mol. The van der Waals surface area contributed by atoms with E-state index in [1.54, 1.807) is 7.11 Å². The molecule has 0 saturated carbocycles. The molecule has 0 unspecified atom stereocenters. The van der Waals surface area contributed by atoms with Gasteiger partial charge in [0.15, 0.2) is 0 Å². The molecular formula is C14H17NO3. The number of furan rings is 1. The first-order chi connectivity index (χ1) is 8.72. The summed E-state index contributed by atoms with van der Waals surface area (Å²) >= 11 is 0. The lowest BCUT2D eigenvalue weighted by molar-refractivity contribution is 0.300. The van der Waals surface area contributed by atoms with Crippen LogP contribution in [0.15, 0.2) is 34.7 Å². The van der Waals surface area contributed by atoms with Crippen molar-refractivity contribution in [2.75, 3.05) is 7.11 Å². The monoisotopic (exact) mass is 247 g/mol. The number of rotatable bonds is 5. The summed E-state index contributed by atoms with van der Waals surface area (Å²) in [6.07, 6.45) is 0. The van der Waals surface area contributed by atoms with E-state index in [1.807, 2.05) is 37.3 Å². The minimum atomic E-state index is 0.403. The Labute approximate surface area is 106 Å². The Morgan fingerprint density at radius 1 is 1.22 bits per heavy atom. The van der Waals surface area contributed by atoms with Crippen LogP contribution in [-0.2, 0) is 13.2 Å². The van der Waals surface area contributed by atoms with E-state index in [-0.39, 0.29) is 0 Å². The van der Waals surface area contributed by atoms with E-state index in [2.05, 4.69) is 0 Å². The zero-order valence-corrected chi connectivity index (χ0v) is 10.6. The number of nitrogens with two attached hydrogens (primary N) is 1. The van der Waals surface area contributed by atoms with Crippen molar-refractivity contribution in [3.05, 3.63) is 47.4 Å². The van der Waals surface area contributed by atoms with E-state index in [0.717, 1.165) is 28.6 Å². The standard InChI is InChI=1S/C14H17NO3/c1-10-11(6-14(8-15)18-10)9-17-13-5-3-4-12(7-13)16-2/h3-7H,8-9,15H2,1-2H3. The molecule has 0 atom stereocenters. The van der Waals surface area contributed by atoms with Crippen LogP contribution in [0.25, 0.3) is 0 Å². The molecule has 0 aliphatic rings. The maximum atomic E-state index is 5.69. The first kappa shape index (κ1) is 12.5. The van der Waals surface area contributed by atoms with E-state index >= 15 is 0 Å². The first-order valence-electron chi connectivity index (χ1n) is 5.78. The van der Waals surface area contributed by atoms with Gasteiger partial charge >= 0.3 is 0 Å². The lowest BCUT2D eigenvalue weighted by Crippen LogP contribution is -1.96. The van der Waals surface area contributed by atoms with Crippen molar-refractivity contribution in [2.45, 2.75) is 20.1 Å². The van der Waals surface area contributed by atoms with E-state index in [9.17, 15) is 0 Å². The van der Waals surface area contributed by atoms with Gasteiger partial charge in [-0.15, -0.1) is 0 Å². The molecule has 0 fully saturated rings. The molecule has 4 heteroatoms. The number of hydrogen-bond acceptors (Lipinski definition) is 4. The summed E-state index contributed by atoms with van der Waals surface area (Å²) in [5.41, 5.74) is 6.54. The Hall–Kier alpha value is -1.94. The van der Waals surface area contributed by atoms with E-state index in [0.29, 0.717) is 13.2 Å². The highest BCUT2D eigenvalue weighted by atomic mass is 16.5. The van der Waals surface area contributed by atoms with Gasteiger partial charge in [-0.3, -0.25) is 0 Å². The van der Waals surface area contributed by atoms with E-state index < -0.39 is 0 Å². The molecule has 0 bridgehead atoms. The van der Waals surface area contributed by atoms with Crippen LogP contribution in [-0.4, -0.2) is 7.11 Å². The minimum Gasteiger partial charge on any atom is -0.497 e. The molecule has 0 aliphatic carbocycles. The van der Waals surface area contributed by atoms with Crippen LogP contribution < -0.4 is 15.2 Å². The Bertz CT molecular complexity index is 520. The van der Waals surface area contributed by atoms with Crippen LogP contribution >= 0.6 is 0 Å². The molecule has 1 aromatic carbocycles. The second-order valence-corrected chi connectivity index (χ2v) is 3.97. The van der Waals surface area contributed by atoms with Gasteiger partial charge in [-0.25, -0.2) is 0 Å². The predicted molar refractivity (Wildman–Crippen MR) is 68.7 cm³/mol. The van der Waals surface area contributed by atoms with Crippen molar-refractivity contribution in [3.63, 3.8) is 0 Å². The van der Waals surface area contributed by atoms with Crippen molar-refractivity contribution in [2.24, 2.45) is 5.73 Å². The van der Waals surface area contributed by atoms with Crippen LogP contribution in [0, 0.1) is 6.92 Å². The second kappa shape index (κ2) is 5.60. The van der Waals surface area contributed by atoms with Crippen molar-refractivity contribution < 1.29 is 13.9 Å². The average molecular weight is 247 g/mol. The fraction of sp³-hybridized carbons (Fsp3) is 0.286. The molecule has 0 saturated heterocycles. The molecule has 0 aliphatic heterocycles. The van der Waals surface area contributed by atoms with Gasteiger partial charge in [0.1, 0.15) is 29.6 Å². The number of aryl methyl sites for hydroxylation is 1. The summed E-state index contributed by atoms with van der Waals surface area (Å²) in [7, 11) is 1.63. The second-order valence-electron chi connectivity index (χ2n) is 3.97. The fourth-order valence-electron chi connectivity index (χ4n) is 1.68. The zero-order chi connectivity index (χ0) is 13.0. The zero-order valence-electron chi connectivity index (χ0n) is 10.6. The van der Waals surface area contributed by atoms with Gasteiger partial charge in [0.2, 0.25) is 0 Å². The third kappa shape index (κ3) is 2.84. The van der Waals surface area contributed by atoms with Crippen LogP contribution in [0.4, 0.5) is 0 Å². The molecule has 18 heavy (non-hydrogen) atoms. The fourth-order valence-corrected chi connectivity index (χ4v) is 1.68. The molecule has 4 nitrogen and oxygen atoms in total. The van der Waals surface area contributed by atoms with Crippen LogP contribution in [0.3, 0.4) is 0 Å². The summed E-state index contributed by atoms with van der Waals surface area (Å²) in [5.74, 6) is 3.17. The van der Waals surface area contributed by atoms with Crippen LogP contribution in [0.5, 0.6) is 11.5 Å². The molecule has 0 spiro atoms. The molecule has 1 aromatic heterocycles. The summed E-state index contributed by atoms with van der Waals surface area (Å²) in [6.45, 7) is 2.77. The minimum absolute atomic E-state index is 0.403. The number of hydrogen-bond donors (Lipinski definition) is 1. The normalized spacial score (nSPS) is 10.4. The van der Waals surface area contributed by atoms with Crippen molar-refractivity contribution in [3.8, 4) is 11.5 Å². The van der Waals surface area contributed by atoms with Crippen LogP contribution in [0.1, 0.15) is 17.1 Å². The van der Waals surface area contributed by atoms with Gasteiger partial charge in [-0.05, 0) is 25.1 Å². The van der Waals surface area contributed by atoms with Gasteiger partial charge in [0.05, 0.1) is 13.7 Å². The first-order valence-corrected chi connectivity index (χ1v) is 5.78. The molecule has 0 amide bonds. The molecule has 2 N–H and O–H groups in total. The highest BCUT2D eigenvalue weighted by Crippen LogP contribution is 2.21. The average Bonchev–Trinajstić information content (AvgIpc) is 2.77. The lowest BCUT2D eigenvalue weighted by Gasteiger charge is -2.06. The van der Waals surface area contributed by atoms with Crippen molar-refractivity contribution >= 4 is 0 Å². The van der Waals surface area contributed by atoms with Gasteiger partial charge < -0.3 is 19.6 Å². The Balaban J connectivity index is 2.03. The Kier molecular flexibility index (Phi) is 3.89. The smallest absolute Gasteiger partial charge is 0.123 e. The predicted octanol–water partition coefficient (Wildman–Crippen LogP) is 2.63.